The molecule has 74 valence electrons. The van der Waals surface area contributed by atoms with Gasteiger partial charge in [0.05, 0.1) is 5.56 Å². The highest BCUT2D eigenvalue weighted by Gasteiger charge is 2.01. The maximum absolute atomic E-state index is 8.85. The fourth-order valence-corrected chi connectivity index (χ4v) is 1.84. The second-order valence-electron chi connectivity index (χ2n) is 2.98. The van der Waals surface area contributed by atoms with Gasteiger partial charge in [0.25, 0.3) is 0 Å². The molecule has 0 aliphatic carbocycles. The van der Waals surface area contributed by atoms with Crippen molar-refractivity contribution < 1.29 is 4.74 Å². The molecule has 0 spiro atoms. The minimum absolute atomic E-state index is 0.524. The van der Waals surface area contributed by atoms with Crippen molar-refractivity contribution in [2.24, 2.45) is 0 Å². The molecule has 1 aromatic carbocycles. The van der Waals surface area contributed by atoms with Gasteiger partial charge in [-0.3, -0.25) is 0 Å². The molecule has 0 bridgehead atoms. The van der Waals surface area contributed by atoms with Crippen molar-refractivity contribution in [3.05, 3.63) is 52.2 Å². The molecule has 1 heterocycles. The summed E-state index contributed by atoms with van der Waals surface area (Å²) >= 11 is 1.65. The van der Waals surface area contributed by atoms with E-state index >= 15 is 0 Å². The number of rotatable bonds is 3. The lowest BCUT2D eigenvalue weighted by molar-refractivity contribution is 0.309. The number of ether oxygens (including phenoxy) is 1. The van der Waals surface area contributed by atoms with Gasteiger partial charge in [-0.1, -0.05) is 18.2 Å². The number of hydrogen-bond acceptors (Lipinski definition) is 3. The second kappa shape index (κ2) is 4.63. The molecule has 0 atom stereocenters. The van der Waals surface area contributed by atoms with Crippen LogP contribution < -0.4 is 4.74 Å². The molecule has 0 radical (unpaired) electrons. The summed E-state index contributed by atoms with van der Waals surface area (Å²) in [5.74, 6) is 0.647. The van der Waals surface area contributed by atoms with Crippen molar-refractivity contribution in [1.82, 2.24) is 0 Å². The van der Waals surface area contributed by atoms with Crippen molar-refractivity contribution in [1.29, 1.82) is 5.26 Å². The Labute approximate surface area is 92.4 Å². The van der Waals surface area contributed by atoms with Gasteiger partial charge in [0, 0.05) is 4.88 Å². The Morgan fingerprint density at radius 3 is 2.80 bits per heavy atom. The maximum Gasteiger partial charge on any atom is 0.137 e. The van der Waals surface area contributed by atoms with Crippen molar-refractivity contribution in [2.75, 3.05) is 0 Å². The molecule has 1 aromatic heterocycles. The first-order chi connectivity index (χ1) is 7.40. The third kappa shape index (κ3) is 2.36. The number of benzene rings is 1. The van der Waals surface area contributed by atoms with Crippen LogP contribution in [0.1, 0.15) is 10.4 Å². The first-order valence-electron chi connectivity index (χ1n) is 4.54. The standard InChI is InChI=1S/C12H9NOS/c13-8-10-4-1-2-6-12(10)14-9-11-5-3-7-15-11/h1-7H,9H2. The van der Waals surface area contributed by atoms with Gasteiger partial charge in [-0.05, 0) is 23.6 Å². The van der Waals surface area contributed by atoms with E-state index in [1.54, 1.807) is 17.4 Å². The van der Waals surface area contributed by atoms with Crippen LogP contribution in [0.3, 0.4) is 0 Å². The van der Waals surface area contributed by atoms with Crippen LogP contribution in [-0.2, 0) is 6.61 Å². The first-order valence-corrected chi connectivity index (χ1v) is 5.42. The van der Waals surface area contributed by atoms with Gasteiger partial charge in [0.15, 0.2) is 0 Å². The SMILES string of the molecule is N#Cc1ccccc1OCc1cccs1. The van der Waals surface area contributed by atoms with Crippen molar-refractivity contribution >= 4 is 11.3 Å². The lowest BCUT2D eigenvalue weighted by Gasteiger charge is -2.05. The largest absolute Gasteiger partial charge is 0.487 e. The zero-order valence-corrected chi connectivity index (χ0v) is 8.83. The highest BCUT2D eigenvalue weighted by Crippen LogP contribution is 2.19. The van der Waals surface area contributed by atoms with Crippen LogP contribution in [-0.4, -0.2) is 0 Å². The molecule has 0 unspecified atom stereocenters. The molecule has 2 rings (SSSR count). The smallest absolute Gasteiger partial charge is 0.137 e. The minimum Gasteiger partial charge on any atom is -0.487 e. The van der Waals surface area contributed by atoms with E-state index in [1.807, 2.05) is 35.7 Å². The molecule has 0 saturated carbocycles. The van der Waals surface area contributed by atoms with Crippen LogP contribution >= 0.6 is 11.3 Å². The molecule has 15 heavy (non-hydrogen) atoms. The van der Waals surface area contributed by atoms with E-state index < -0.39 is 0 Å². The minimum atomic E-state index is 0.524. The van der Waals surface area contributed by atoms with E-state index in [1.165, 1.54) is 0 Å². The number of hydrogen-bond donors (Lipinski definition) is 0. The topological polar surface area (TPSA) is 33.0 Å². The van der Waals surface area contributed by atoms with E-state index in [4.69, 9.17) is 10.00 Å². The van der Waals surface area contributed by atoms with Gasteiger partial charge in [0.1, 0.15) is 18.4 Å². The molecule has 0 aliphatic heterocycles. The number of nitriles is 1. The molecule has 0 fully saturated rings. The normalized spacial score (nSPS) is 9.53. The molecule has 0 N–H and O–H groups in total. The highest BCUT2D eigenvalue weighted by atomic mass is 32.1. The number of para-hydroxylation sites is 1. The van der Waals surface area contributed by atoms with Crippen LogP contribution in [0.2, 0.25) is 0 Å². The molecule has 2 nitrogen and oxygen atoms in total. The fourth-order valence-electron chi connectivity index (χ4n) is 1.23. The molecule has 0 aliphatic rings. The molecule has 0 saturated heterocycles. The first kappa shape index (κ1) is 9.75. The van der Waals surface area contributed by atoms with Crippen LogP contribution in [0.5, 0.6) is 5.75 Å². The Bertz CT molecular complexity index is 471. The van der Waals surface area contributed by atoms with E-state index in [0.717, 1.165) is 4.88 Å². The molecular formula is C12H9NOS. The molecular weight excluding hydrogens is 206 g/mol. The summed E-state index contributed by atoms with van der Waals surface area (Å²) in [6.07, 6.45) is 0. The lowest BCUT2D eigenvalue weighted by Crippen LogP contribution is -1.94. The third-order valence-corrected chi connectivity index (χ3v) is 2.81. The van der Waals surface area contributed by atoms with Crippen molar-refractivity contribution in [3.8, 4) is 11.8 Å². The number of nitrogens with zero attached hydrogens (tertiary/aromatic N) is 1. The highest BCUT2D eigenvalue weighted by molar-refractivity contribution is 7.09. The Morgan fingerprint density at radius 2 is 2.07 bits per heavy atom. The van der Waals surface area contributed by atoms with Gasteiger partial charge in [-0.15, -0.1) is 11.3 Å². The van der Waals surface area contributed by atoms with Crippen LogP contribution in [0, 0.1) is 11.3 Å². The summed E-state index contributed by atoms with van der Waals surface area (Å²) in [5.41, 5.74) is 0.578. The zero-order chi connectivity index (χ0) is 10.5. The van der Waals surface area contributed by atoms with Crippen molar-refractivity contribution in [2.45, 2.75) is 6.61 Å². The summed E-state index contributed by atoms with van der Waals surface area (Å²) in [6, 6.07) is 13.4. The summed E-state index contributed by atoms with van der Waals surface area (Å²) in [4.78, 5) is 1.16. The second-order valence-corrected chi connectivity index (χ2v) is 4.01. The van der Waals surface area contributed by atoms with E-state index in [-0.39, 0.29) is 0 Å². The van der Waals surface area contributed by atoms with Crippen molar-refractivity contribution in [3.63, 3.8) is 0 Å². The maximum atomic E-state index is 8.85. The zero-order valence-electron chi connectivity index (χ0n) is 8.01. The van der Waals surface area contributed by atoms with Gasteiger partial charge >= 0.3 is 0 Å². The Morgan fingerprint density at radius 1 is 1.20 bits per heavy atom. The summed E-state index contributed by atoms with van der Waals surface area (Å²) in [6.45, 7) is 0.524. The van der Waals surface area contributed by atoms with E-state index in [9.17, 15) is 0 Å². The Hall–Kier alpha value is -1.79. The summed E-state index contributed by atoms with van der Waals surface area (Å²) in [5, 5.41) is 10.9. The van der Waals surface area contributed by atoms with Crippen LogP contribution in [0.15, 0.2) is 41.8 Å². The fraction of sp³-hybridized carbons (Fsp3) is 0.0833. The summed E-state index contributed by atoms with van der Waals surface area (Å²) < 4.78 is 5.56. The molecule has 2 aromatic rings. The number of thiophene rings is 1. The van der Waals surface area contributed by atoms with Gasteiger partial charge in [0.2, 0.25) is 0 Å². The van der Waals surface area contributed by atoms with Gasteiger partial charge in [-0.25, -0.2) is 0 Å². The third-order valence-electron chi connectivity index (χ3n) is 1.96. The average molecular weight is 215 g/mol. The predicted molar refractivity (Wildman–Crippen MR) is 59.8 cm³/mol. The lowest BCUT2D eigenvalue weighted by atomic mass is 10.2. The average Bonchev–Trinajstić information content (AvgIpc) is 2.79. The quantitative estimate of drug-likeness (QED) is 0.787. The summed E-state index contributed by atoms with van der Waals surface area (Å²) in [7, 11) is 0. The van der Waals surface area contributed by atoms with E-state index in [0.29, 0.717) is 17.9 Å². The van der Waals surface area contributed by atoms with Gasteiger partial charge < -0.3 is 4.74 Å². The van der Waals surface area contributed by atoms with Crippen LogP contribution in [0.25, 0.3) is 0 Å². The Kier molecular flexibility index (Phi) is 3.01. The van der Waals surface area contributed by atoms with E-state index in [2.05, 4.69) is 6.07 Å². The molecule has 0 amide bonds. The predicted octanol–water partition coefficient (Wildman–Crippen LogP) is 3.20. The van der Waals surface area contributed by atoms with Gasteiger partial charge in [-0.2, -0.15) is 5.26 Å². The molecule has 3 heteroatoms. The Balaban J connectivity index is 2.08. The monoisotopic (exact) mass is 215 g/mol. The van der Waals surface area contributed by atoms with Crippen LogP contribution in [0.4, 0.5) is 0 Å².